The third-order valence-electron chi connectivity index (χ3n) is 5.79. The van der Waals surface area contributed by atoms with E-state index in [1.54, 1.807) is 18.2 Å². The van der Waals surface area contributed by atoms with Crippen molar-refractivity contribution in [2.45, 2.75) is 57.0 Å². The minimum absolute atomic E-state index is 0.120. The zero-order chi connectivity index (χ0) is 24.8. The van der Waals surface area contributed by atoms with E-state index in [-0.39, 0.29) is 30.4 Å². The highest BCUT2D eigenvalue weighted by atomic mass is 16.5. The fourth-order valence-electron chi connectivity index (χ4n) is 3.87. The molecule has 1 aromatic heterocycles. The van der Waals surface area contributed by atoms with Gasteiger partial charge in [-0.05, 0) is 56.8 Å². The SMILES string of the molecule is COC(=O)N(C)C(=O)c1ccc2c(c1)nc(C(CCCCN)NC(=O)CCC(=O)O)n2C1CC1. The first-order valence-electron chi connectivity index (χ1n) is 11.4. The highest BCUT2D eigenvalue weighted by Gasteiger charge is 2.32. The number of aromatic nitrogens is 2. The van der Waals surface area contributed by atoms with E-state index >= 15 is 0 Å². The van der Waals surface area contributed by atoms with Crippen LogP contribution in [0.2, 0.25) is 0 Å². The zero-order valence-corrected chi connectivity index (χ0v) is 19.5. The average molecular weight is 474 g/mol. The van der Waals surface area contributed by atoms with Gasteiger partial charge in [0.15, 0.2) is 0 Å². The molecule has 1 fully saturated rings. The van der Waals surface area contributed by atoms with E-state index in [0.29, 0.717) is 24.3 Å². The minimum atomic E-state index is -1.03. The molecule has 1 atom stereocenters. The largest absolute Gasteiger partial charge is 0.481 e. The number of ether oxygens (including phenoxy) is 1. The number of methoxy groups -OCH3 is 1. The van der Waals surface area contributed by atoms with Gasteiger partial charge in [0.05, 0.1) is 30.6 Å². The van der Waals surface area contributed by atoms with Gasteiger partial charge in [0, 0.05) is 25.1 Å². The molecule has 0 aliphatic heterocycles. The van der Waals surface area contributed by atoms with Gasteiger partial charge >= 0.3 is 12.1 Å². The van der Waals surface area contributed by atoms with Gasteiger partial charge < -0.3 is 25.5 Å². The van der Waals surface area contributed by atoms with E-state index in [0.717, 1.165) is 36.1 Å². The highest BCUT2D eigenvalue weighted by molar-refractivity contribution is 6.04. The highest BCUT2D eigenvalue weighted by Crippen LogP contribution is 2.40. The summed E-state index contributed by atoms with van der Waals surface area (Å²) in [4.78, 5) is 53.4. The van der Waals surface area contributed by atoms with Gasteiger partial charge in [-0.2, -0.15) is 0 Å². The Kier molecular flexibility index (Phi) is 8.21. The van der Waals surface area contributed by atoms with Gasteiger partial charge in [0.25, 0.3) is 5.91 Å². The van der Waals surface area contributed by atoms with Crippen LogP contribution in [0.25, 0.3) is 11.0 Å². The number of nitrogens with one attached hydrogen (secondary N) is 1. The van der Waals surface area contributed by atoms with E-state index < -0.39 is 24.0 Å². The Balaban J connectivity index is 1.95. The lowest BCUT2D eigenvalue weighted by Gasteiger charge is -2.20. The molecule has 184 valence electrons. The molecule has 11 nitrogen and oxygen atoms in total. The van der Waals surface area contributed by atoms with Crippen molar-refractivity contribution in [2.75, 3.05) is 20.7 Å². The van der Waals surface area contributed by atoms with Gasteiger partial charge in [-0.25, -0.2) is 14.7 Å². The van der Waals surface area contributed by atoms with Crippen LogP contribution < -0.4 is 11.1 Å². The third kappa shape index (κ3) is 5.90. The third-order valence-corrected chi connectivity index (χ3v) is 5.79. The van der Waals surface area contributed by atoms with Gasteiger partial charge in [-0.1, -0.05) is 0 Å². The summed E-state index contributed by atoms with van der Waals surface area (Å²) in [6.45, 7) is 0.526. The Morgan fingerprint density at radius 1 is 1.26 bits per heavy atom. The topological polar surface area (TPSA) is 157 Å². The second-order valence-corrected chi connectivity index (χ2v) is 8.41. The Hall–Kier alpha value is -3.47. The number of fused-ring (bicyclic) bond motifs is 1. The van der Waals surface area contributed by atoms with Crippen molar-refractivity contribution in [3.63, 3.8) is 0 Å². The zero-order valence-electron chi connectivity index (χ0n) is 19.5. The average Bonchev–Trinajstić information content (AvgIpc) is 3.59. The number of carbonyl (C=O) groups excluding carboxylic acids is 3. The molecule has 1 saturated carbocycles. The smallest absolute Gasteiger partial charge is 0.416 e. The Labute approximate surface area is 197 Å². The van der Waals surface area contributed by atoms with Gasteiger partial charge in [-0.15, -0.1) is 0 Å². The lowest BCUT2D eigenvalue weighted by molar-refractivity contribution is -0.139. The number of amides is 3. The number of unbranched alkanes of at least 4 members (excludes halogenated alkanes) is 1. The molecule has 0 spiro atoms. The number of benzene rings is 1. The number of hydrogen-bond acceptors (Lipinski definition) is 7. The molecular formula is C23H31N5O6. The number of carbonyl (C=O) groups is 4. The van der Waals surface area contributed by atoms with Crippen LogP contribution in [0.15, 0.2) is 18.2 Å². The summed E-state index contributed by atoms with van der Waals surface area (Å²) < 4.78 is 6.71. The van der Waals surface area contributed by atoms with Gasteiger partial charge in [0.2, 0.25) is 5.91 Å². The van der Waals surface area contributed by atoms with Crippen LogP contribution in [0.5, 0.6) is 0 Å². The first-order valence-corrected chi connectivity index (χ1v) is 11.4. The maximum Gasteiger partial charge on any atom is 0.416 e. The van der Waals surface area contributed by atoms with Crippen molar-refractivity contribution in [3.05, 3.63) is 29.6 Å². The summed E-state index contributed by atoms with van der Waals surface area (Å²) in [5, 5.41) is 11.8. The molecule has 1 aliphatic rings. The lowest BCUT2D eigenvalue weighted by atomic mass is 10.1. The van der Waals surface area contributed by atoms with Crippen molar-refractivity contribution in [1.82, 2.24) is 19.8 Å². The van der Waals surface area contributed by atoms with Crippen molar-refractivity contribution in [1.29, 1.82) is 0 Å². The second-order valence-electron chi connectivity index (χ2n) is 8.41. The quantitative estimate of drug-likeness (QED) is 0.420. The fourth-order valence-corrected chi connectivity index (χ4v) is 3.87. The number of imide groups is 1. The van der Waals surface area contributed by atoms with Crippen molar-refractivity contribution >= 4 is 34.9 Å². The minimum Gasteiger partial charge on any atom is -0.481 e. The number of imidazole rings is 1. The van der Waals surface area contributed by atoms with Crippen molar-refractivity contribution in [3.8, 4) is 0 Å². The first-order chi connectivity index (χ1) is 16.3. The maximum atomic E-state index is 12.7. The molecule has 1 aliphatic carbocycles. The van der Waals surface area contributed by atoms with Crippen LogP contribution in [0.3, 0.4) is 0 Å². The molecule has 3 amide bonds. The summed E-state index contributed by atoms with van der Waals surface area (Å²) in [6, 6.07) is 4.89. The van der Waals surface area contributed by atoms with Gasteiger partial charge in [-0.3, -0.25) is 14.4 Å². The second kappa shape index (κ2) is 11.1. The van der Waals surface area contributed by atoms with E-state index in [2.05, 4.69) is 14.6 Å². The van der Waals surface area contributed by atoms with Crippen LogP contribution in [0, 0.1) is 0 Å². The van der Waals surface area contributed by atoms with Crippen LogP contribution >= 0.6 is 0 Å². The van der Waals surface area contributed by atoms with Crippen molar-refractivity contribution < 1.29 is 29.0 Å². The molecule has 0 bridgehead atoms. The summed E-state index contributed by atoms with van der Waals surface area (Å²) in [6.07, 6.45) is 2.97. The maximum absolute atomic E-state index is 12.7. The van der Waals surface area contributed by atoms with E-state index in [1.165, 1.54) is 14.2 Å². The standard InChI is InChI=1S/C23H31N5O6/c1-27(23(33)34-2)22(32)14-6-9-18-17(13-14)26-21(28(18)15-7-8-15)16(5-3-4-12-24)25-19(29)10-11-20(30)31/h6,9,13,15-16H,3-5,7-8,10-12,24H2,1-2H3,(H,25,29)(H,30,31). The number of rotatable bonds is 11. The number of nitrogens with two attached hydrogens (primary N) is 1. The summed E-state index contributed by atoms with van der Waals surface area (Å²) >= 11 is 0. The predicted molar refractivity (Wildman–Crippen MR) is 123 cm³/mol. The van der Waals surface area contributed by atoms with E-state index in [9.17, 15) is 19.2 Å². The monoisotopic (exact) mass is 473 g/mol. The van der Waals surface area contributed by atoms with Crippen molar-refractivity contribution in [2.24, 2.45) is 5.73 Å². The molecule has 1 heterocycles. The normalized spacial score (nSPS) is 14.0. The molecule has 0 radical (unpaired) electrons. The number of hydrogen-bond donors (Lipinski definition) is 3. The molecule has 3 rings (SSSR count). The first kappa shape index (κ1) is 25.2. The molecule has 1 unspecified atom stereocenters. The van der Waals surface area contributed by atoms with Crippen LogP contribution in [0.1, 0.15) is 73.2 Å². The number of carboxylic acid groups (broad SMARTS) is 1. The summed E-state index contributed by atoms with van der Waals surface area (Å²) in [5.74, 6) is -1.24. The molecule has 2 aromatic rings. The molecule has 11 heteroatoms. The lowest BCUT2D eigenvalue weighted by Crippen LogP contribution is -2.32. The van der Waals surface area contributed by atoms with Crippen LogP contribution in [0.4, 0.5) is 4.79 Å². The number of aliphatic carboxylic acids is 1. The van der Waals surface area contributed by atoms with Gasteiger partial charge in [0.1, 0.15) is 5.82 Å². The number of nitrogens with zero attached hydrogens (tertiary/aromatic N) is 3. The Bertz CT molecular complexity index is 1080. The number of carboxylic acids is 1. The summed E-state index contributed by atoms with van der Waals surface area (Å²) in [7, 11) is 2.54. The fraction of sp³-hybridized carbons (Fsp3) is 0.522. The Morgan fingerprint density at radius 3 is 2.62 bits per heavy atom. The Morgan fingerprint density at radius 2 is 2.00 bits per heavy atom. The molecule has 4 N–H and O–H groups in total. The molecule has 1 aromatic carbocycles. The van der Waals surface area contributed by atoms with Crippen LogP contribution in [-0.2, 0) is 14.3 Å². The molecular weight excluding hydrogens is 442 g/mol. The predicted octanol–water partition coefficient (Wildman–Crippen LogP) is 2.36. The van der Waals surface area contributed by atoms with Crippen LogP contribution in [-0.4, -0.2) is 64.1 Å². The molecule has 0 saturated heterocycles. The van der Waals surface area contributed by atoms with E-state index in [1.807, 2.05) is 0 Å². The molecule has 34 heavy (non-hydrogen) atoms. The summed E-state index contributed by atoms with van der Waals surface area (Å²) in [5.41, 5.74) is 7.34. The van der Waals surface area contributed by atoms with E-state index in [4.69, 9.17) is 15.8 Å².